The van der Waals surface area contributed by atoms with Gasteiger partial charge in [0.25, 0.3) is 0 Å². The summed E-state index contributed by atoms with van der Waals surface area (Å²) in [5.74, 6) is 1.23. The van der Waals surface area contributed by atoms with E-state index < -0.39 is 0 Å². The Labute approximate surface area is 74.3 Å². The summed E-state index contributed by atoms with van der Waals surface area (Å²) in [5.41, 5.74) is 0. The van der Waals surface area contributed by atoms with Gasteiger partial charge >= 0.3 is 0 Å². The molecule has 1 saturated heterocycles. The van der Waals surface area contributed by atoms with Crippen LogP contribution in [0.4, 0.5) is 0 Å². The lowest BCUT2D eigenvalue weighted by Gasteiger charge is -2.26. The standard InChI is InChI=1S/C10H18O2/c1-3-10(11)8(2)9-4-6-12-7-5-9/h8-9H,3-7H2,1-2H3. The highest BCUT2D eigenvalue weighted by Gasteiger charge is 2.24. The van der Waals surface area contributed by atoms with E-state index in [4.69, 9.17) is 4.74 Å². The molecule has 0 saturated carbocycles. The lowest BCUT2D eigenvalue weighted by atomic mass is 9.84. The van der Waals surface area contributed by atoms with Crippen molar-refractivity contribution >= 4 is 5.78 Å². The van der Waals surface area contributed by atoms with Gasteiger partial charge in [0.2, 0.25) is 0 Å². The molecule has 1 fully saturated rings. The second-order valence-corrected chi connectivity index (χ2v) is 3.56. The third-order valence-corrected chi connectivity index (χ3v) is 2.83. The summed E-state index contributed by atoms with van der Waals surface area (Å²) in [6.07, 6.45) is 2.80. The van der Waals surface area contributed by atoms with Crippen molar-refractivity contribution < 1.29 is 9.53 Å². The maximum atomic E-state index is 11.4. The van der Waals surface area contributed by atoms with Crippen LogP contribution >= 0.6 is 0 Å². The van der Waals surface area contributed by atoms with Crippen LogP contribution in [-0.2, 0) is 9.53 Å². The van der Waals surface area contributed by atoms with Gasteiger partial charge in [-0.1, -0.05) is 13.8 Å². The SMILES string of the molecule is CCC(=O)C(C)C1CCOCC1. The zero-order valence-electron chi connectivity index (χ0n) is 8.01. The molecule has 70 valence electrons. The van der Waals surface area contributed by atoms with E-state index in [-0.39, 0.29) is 5.92 Å². The molecule has 0 N–H and O–H groups in total. The minimum Gasteiger partial charge on any atom is -0.381 e. The van der Waals surface area contributed by atoms with E-state index in [2.05, 4.69) is 6.92 Å². The molecule has 0 amide bonds. The molecule has 0 aliphatic carbocycles. The molecule has 0 aromatic rings. The normalized spacial score (nSPS) is 22.2. The van der Waals surface area contributed by atoms with Gasteiger partial charge in [-0.05, 0) is 18.8 Å². The topological polar surface area (TPSA) is 26.3 Å². The highest BCUT2D eigenvalue weighted by Crippen LogP contribution is 2.24. The van der Waals surface area contributed by atoms with Crippen LogP contribution in [0.3, 0.4) is 0 Å². The molecule has 0 spiro atoms. The first-order chi connectivity index (χ1) is 5.75. The Bertz CT molecular complexity index is 148. The molecule has 12 heavy (non-hydrogen) atoms. The molecule has 1 atom stereocenters. The van der Waals surface area contributed by atoms with Crippen molar-refractivity contribution in [1.82, 2.24) is 0 Å². The predicted molar refractivity (Wildman–Crippen MR) is 48.0 cm³/mol. The van der Waals surface area contributed by atoms with Crippen LogP contribution in [0.1, 0.15) is 33.1 Å². The van der Waals surface area contributed by atoms with Crippen molar-refractivity contribution in [1.29, 1.82) is 0 Å². The zero-order valence-corrected chi connectivity index (χ0v) is 8.01. The van der Waals surface area contributed by atoms with E-state index in [0.717, 1.165) is 26.1 Å². The first kappa shape index (κ1) is 9.72. The van der Waals surface area contributed by atoms with E-state index in [0.29, 0.717) is 18.1 Å². The third-order valence-electron chi connectivity index (χ3n) is 2.83. The number of Topliss-reactive ketones (excluding diaryl/α,β-unsaturated/α-hetero) is 1. The fourth-order valence-corrected chi connectivity index (χ4v) is 1.80. The predicted octanol–water partition coefficient (Wildman–Crippen LogP) is 2.03. The number of rotatable bonds is 3. The molecule has 2 nitrogen and oxygen atoms in total. The molecule has 1 aliphatic heterocycles. The molecule has 1 unspecified atom stereocenters. The van der Waals surface area contributed by atoms with Gasteiger partial charge < -0.3 is 4.74 Å². The minimum absolute atomic E-state index is 0.249. The molecule has 1 aliphatic rings. The van der Waals surface area contributed by atoms with Crippen LogP contribution in [0.25, 0.3) is 0 Å². The summed E-state index contributed by atoms with van der Waals surface area (Å²) in [6.45, 7) is 5.68. The summed E-state index contributed by atoms with van der Waals surface area (Å²) in [7, 11) is 0. The monoisotopic (exact) mass is 170 g/mol. The Morgan fingerprint density at radius 2 is 2.08 bits per heavy atom. The average molecular weight is 170 g/mol. The van der Waals surface area contributed by atoms with Gasteiger partial charge in [0.15, 0.2) is 0 Å². The van der Waals surface area contributed by atoms with Crippen LogP contribution < -0.4 is 0 Å². The van der Waals surface area contributed by atoms with Crippen molar-refractivity contribution in [2.75, 3.05) is 13.2 Å². The smallest absolute Gasteiger partial charge is 0.135 e. The molecule has 1 heterocycles. The van der Waals surface area contributed by atoms with E-state index in [9.17, 15) is 4.79 Å². The van der Waals surface area contributed by atoms with Gasteiger partial charge in [0.1, 0.15) is 5.78 Å². The van der Waals surface area contributed by atoms with Crippen LogP contribution in [-0.4, -0.2) is 19.0 Å². The second kappa shape index (κ2) is 4.61. The van der Waals surface area contributed by atoms with Crippen LogP contribution in [0.15, 0.2) is 0 Å². The van der Waals surface area contributed by atoms with Crippen LogP contribution in [0, 0.1) is 11.8 Å². The van der Waals surface area contributed by atoms with E-state index in [1.54, 1.807) is 0 Å². The Kier molecular flexibility index (Phi) is 3.73. The van der Waals surface area contributed by atoms with Crippen molar-refractivity contribution in [2.24, 2.45) is 11.8 Å². The van der Waals surface area contributed by atoms with E-state index in [1.165, 1.54) is 0 Å². The van der Waals surface area contributed by atoms with Crippen molar-refractivity contribution in [2.45, 2.75) is 33.1 Å². The van der Waals surface area contributed by atoms with Gasteiger partial charge in [-0.3, -0.25) is 4.79 Å². The largest absolute Gasteiger partial charge is 0.381 e. The van der Waals surface area contributed by atoms with Crippen LogP contribution in [0.2, 0.25) is 0 Å². The van der Waals surface area contributed by atoms with Crippen molar-refractivity contribution in [3.05, 3.63) is 0 Å². The summed E-state index contributed by atoms with van der Waals surface area (Å²) >= 11 is 0. The van der Waals surface area contributed by atoms with Crippen LogP contribution in [0.5, 0.6) is 0 Å². The lowest BCUT2D eigenvalue weighted by Crippen LogP contribution is -2.26. The molecule has 0 aromatic carbocycles. The number of hydrogen-bond acceptors (Lipinski definition) is 2. The molecule has 0 bridgehead atoms. The Morgan fingerprint density at radius 3 is 2.58 bits per heavy atom. The Morgan fingerprint density at radius 1 is 1.50 bits per heavy atom. The summed E-state index contributed by atoms with van der Waals surface area (Å²) in [4.78, 5) is 11.4. The Balaban J connectivity index is 2.39. The Hall–Kier alpha value is -0.370. The fourth-order valence-electron chi connectivity index (χ4n) is 1.80. The second-order valence-electron chi connectivity index (χ2n) is 3.56. The van der Waals surface area contributed by atoms with Gasteiger partial charge in [-0.25, -0.2) is 0 Å². The molecular formula is C10H18O2. The quantitative estimate of drug-likeness (QED) is 0.647. The minimum atomic E-state index is 0.249. The molecule has 1 rings (SSSR count). The fraction of sp³-hybridized carbons (Fsp3) is 0.900. The number of carbonyl (C=O) groups excluding carboxylic acids is 1. The van der Waals surface area contributed by atoms with Crippen molar-refractivity contribution in [3.63, 3.8) is 0 Å². The highest BCUT2D eigenvalue weighted by molar-refractivity contribution is 5.80. The lowest BCUT2D eigenvalue weighted by molar-refractivity contribution is -0.124. The number of hydrogen-bond donors (Lipinski definition) is 0. The number of ether oxygens (including phenoxy) is 1. The van der Waals surface area contributed by atoms with Gasteiger partial charge in [-0.15, -0.1) is 0 Å². The maximum Gasteiger partial charge on any atom is 0.135 e. The average Bonchev–Trinajstić information content (AvgIpc) is 2.17. The van der Waals surface area contributed by atoms with Gasteiger partial charge in [-0.2, -0.15) is 0 Å². The molecule has 0 radical (unpaired) electrons. The number of carbonyl (C=O) groups is 1. The zero-order chi connectivity index (χ0) is 8.97. The third kappa shape index (κ3) is 2.31. The van der Waals surface area contributed by atoms with E-state index in [1.807, 2.05) is 6.92 Å². The van der Waals surface area contributed by atoms with Crippen molar-refractivity contribution in [3.8, 4) is 0 Å². The van der Waals surface area contributed by atoms with E-state index >= 15 is 0 Å². The van der Waals surface area contributed by atoms with Gasteiger partial charge in [0, 0.05) is 25.6 Å². The molecule has 2 heteroatoms. The summed E-state index contributed by atoms with van der Waals surface area (Å²) in [5, 5.41) is 0. The summed E-state index contributed by atoms with van der Waals surface area (Å²) < 4.78 is 5.25. The highest BCUT2D eigenvalue weighted by atomic mass is 16.5. The maximum absolute atomic E-state index is 11.4. The van der Waals surface area contributed by atoms with Gasteiger partial charge in [0.05, 0.1) is 0 Å². The molecular weight excluding hydrogens is 152 g/mol. The molecule has 0 aromatic heterocycles. The number of ketones is 1. The first-order valence-corrected chi connectivity index (χ1v) is 4.86. The first-order valence-electron chi connectivity index (χ1n) is 4.86. The summed E-state index contributed by atoms with van der Waals surface area (Å²) in [6, 6.07) is 0.